The van der Waals surface area contributed by atoms with E-state index in [0.717, 1.165) is 11.1 Å². The average molecular weight is 456 g/mol. The zero-order valence-electron chi connectivity index (χ0n) is 14.8. The maximum absolute atomic E-state index is 12.7. The molecule has 0 bridgehead atoms. The Balaban J connectivity index is 1.82. The average Bonchev–Trinajstić information content (AvgIpc) is 2.65. The van der Waals surface area contributed by atoms with Crippen molar-refractivity contribution in [3.8, 4) is 0 Å². The van der Waals surface area contributed by atoms with Crippen LogP contribution in [0.15, 0.2) is 65.6 Å². The van der Waals surface area contributed by atoms with Gasteiger partial charge in [-0.1, -0.05) is 65.1 Å². The van der Waals surface area contributed by atoms with Crippen LogP contribution in [0.2, 0.25) is 15.1 Å². The van der Waals surface area contributed by atoms with Gasteiger partial charge in [0, 0.05) is 12.2 Å². The monoisotopic (exact) mass is 454 g/mol. The van der Waals surface area contributed by atoms with Crippen molar-refractivity contribution in [1.29, 1.82) is 0 Å². The Hall–Kier alpha value is -1.92. The molecule has 0 atom stereocenters. The van der Waals surface area contributed by atoms with Crippen LogP contribution in [-0.2, 0) is 16.6 Å². The summed E-state index contributed by atoms with van der Waals surface area (Å²) in [5, 5.41) is 4.15. The number of anilines is 2. The highest BCUT2D eigenvalue weighted by Gasteiger charge is 2.16. The van der Waals surface area contributed by atoms with Crippen LogP contribution < -0.4 is 10.0 Å². The van der Waals surface area contributed by atoms with Gasteiger partial charge < -0.3 is 5.32 Å². The van der Waals surface area contributed by atoms with E-state index >= 15 is 0 Å². The van der Waals surface area contributed by atoms with E-state index in [1.165, 1.54) is 0 Å². The summed E-state index contributed by atoms with van der Waals surface area (Å²) >= 11 is 18.1. The van der Waals surface area contributed by atoms with Crippen LogP contribution in [0, 0.1) is 6.92 Å². The third kappa shape index (κ3) is 4.92. The first kappa shape index (κ1) is 20.8. The van der Waals surface area contributed by atoms with Gasteiger partial charge in [0.2, 0.25) is 0 Å². The molecule has 0 heterocycles. The summed E-state index contributed by atoms with van der Waals surface area (Å²) in [5.41, 5.74) is 2.80. The van der Waals surface area contributed by atoms with Crippen molar-refractivity contribution in [2.24, 2.45) is 0 Å². The Kier molecular flexibility index (Phi) is 6.40. The van der Waals surface area contributed by atoms with E-state index in [9.17, 15) is 8.42 Å². The van der Waals surface area contributed by atoms with Gasteiger partial charge in [-0.15, -0.1) is 0 Å². The van der Waals surface area contributed by atoms with Gasteiger partial charge in [-0.25, -0.2) is 8.42 Å². The zero-order valence-corrected chi connectivity index (χ0v) is 17.9. The van der Waals surface area contributed by atoms with E-state index < -0.39 is 10.0 Å². The molecule has 2 N–H and O–H groups in total. The fourth-order valence-corrected chi connectivity index (χ4v) is 4.42. The van der Waals surface area contributed by atoms with Gasteiger partial charge in [-0.2, -0.15) is 0 Å². The third-order valence-corrected chi connectivity index (χ3v) is 6.59. The van der Waals surface area contributed by atoms with Gasteiger partial charge in [-0.3, -0.25) is 4.72 Å². The molecule has 0 saturated carbocycles. The standard InChI is InChI=1S/C20H17Cl3N2O2S/c1-13-5-4-7-16(9-13)28(26,27)25-19-8-3-2-6-14(19)12-24-15-10-17(21)20(23)18(22)11-15/h2-11,24-25H,12H2,1H3. The Morgan fingerprint density at radius 1 is 0.893 bits per heavy atom. The molecule has 0 spiro atoms. The number of para-hydroxylation sites is 1. The molecule has 0 aliphatic rings. The molecule has 8 heteroatoms. The van der Waals surface area contributed by atoms with E-state index in [2.05, 4.69) is 10.0 Å². The molecule has 0 aliphatic heterocycles. The Labute approximate surface area is 179 Å². The second-order valence-corrected chi connectivity index (χ2v) is 9.06. The number of sulfonamides is 1. The van der Waals surface area contributed by atoms with Crippen molar-refractivity contribution in [1.82, 2.24) is 0 Å². The molecule has 0 aliphatic carbocycles. The van der Waals surface area contributed by atoms with Crippen molar-refractivity contribution >= 4 is 56.2 Å². The number of benzene rings is 3. The van der Waals surface area contributed by atoms with E-state index in [0.29, 0.717) is 33.0 Å². The van der Waals surface area contributed by atoms with Gasteiger partial charge in [-0.05, 0) is 48.4 Å². The molecule has 0 amide bonds. The summed E-state index contributed by atoms with van der Waals surface area (Å²) in [4.78, 5) is 0.214. The summed E-state index contributed by atoms with van der Waals surface area (Å²) in [7, 11) is -3.70. The highest BCUT2D eigenvalue weighted by Crippen LogP contribution is 2.33. The summed E-state index contributed by atoms with van der Waals surface area (Å²) in [6.07, 6.45) is 0. The number of nitrogens with one attached hydrogen (secondary N) is 2. The van der Waals surface area contributed by atoms with Crippen LogP contribution in [0.25, 0.3) is 0 Å². The largest absolute Gasteiger partial charge is 0.381 e. The maximum atomic E-state index is 12.7. The molecule has 0 aromatic heterocycles. The van der Waals surface area contributed by atoms with Crippen molar-refractivity contribution in [3.05, 3.63) is 86.9 Å². The minimum atomic E-state index is -3.70. The quantitative estimate of drug-likeness (QED) is 0.425. The topological polar surface area (TPSA) is 58.2 Å². The number of hydrogen-bond donors (Lipinski definition) is 2. The zero-order chi connectivity index (χ0) is 20.3. The maximum Gasteiger partial charge on any atom is 0.261 e. The molecule has 3 aromatic carbocycles. The minimum absolute atomic E-state index is 0.214. The van der Waals surface area contributed by atoms with Crippen LogP contribution in [0.1, 0.15) is 11.1 Å². The van der Waals surface area contributed by atoms with E-state index in [1.54, 1.807) is 42.5 Å². The predicted molar refractivity (Wildman–Crippen MR) is 117 cm³/mol. The van der Waals surface area contributed by atoms with Crippen LogP contribution in [-0.4, -0.2) is 8.42 Å². The summed E-state index contributed by atoms with van der Waals surface area (Å²) in [6.45, 7) is 2.21. The Morgan fingerprint density at radius 2 is 1.57 bits per heavy atom. The molecule has 3 aromatic rings. The lowest BCUT2D eigenvalue weighted by atomic mass is 10.2. The van der Waals surface area contributed by atoms with Crippen LogP contribution in [0.3, 0.4) is 0 Å². The van der Waals surface area contributed by atoms with Gasteiger partial charge in [0.15, 0.2) is 0 Å². The van der Waals surface area contributed by atoms with E-state index in [-0.39, 0.29) is 4.90 Å². The van der Waals surface area contributed by atoms with Gasteiger partial charge in [0.25, 0.3) is 10.0 Å². The molecule has 146 valence electrons. The normalized spacial score (nSPS) is 11.3. The molecule has 0 fully saturated rings. The summed E-state index contributed by atoms with van der Waals surface area (Å²) in [6, 6.07) is 17.2. The lowest BCUT2D eigenvalue weighted by Gasteiger charge is -2.14. The second-order valence-electron chi connectivity index (χ2n) is 6.19. The van der Waals surface area contributed by atoms with Gasteiger partial charge in [0.1, 0.15) is 0 Å². The van der Waals surface area contributed by atoms with Crippen molar-refractivity contribution < 1.29 is 8.42 Å². The summed E-state index contributed by atoms with van der Waals surface area (Å²) in [5.74, 6) is 0. The predicted octanol–water partition coefficient (Wildman–Crippen LogP) is 6.37. The second kappa shape index (κ2) is 8.62. The number of halogens is 3. The molecule has 0 radical (unpaired) electrons. The lowest BCUT2D eigenvalue weighted by Crippen LogP contribution is -2.15. The number of hydrogen-bond acceptors (Lipinski definition) is 3. The molecule has 28 heavy (non-hydrogen) atoms. The first-order valence-corrected chi connectivity index (χ1v) is 10.9. The number of aryl methyl sites for hydroxylation is 1. The van der Waals surface area contributed by atoms with Crippen molar-refractivity contribution in [2.75, 3.05) is 10.0 Å². The summed E-state index contributed by atoms with van der Waals surface area (Å²) < 4.78 is 28.1. The molecule has 4 nitrogen and oxygen atoms in total. The SMILES string of the molecule is Cc1cccc(S(=O)(=O)Nc2ccccc2CNc2cc(Cl)c(Cl)c(Cl)c2)c1. The fraction of sp³-hybridized carbons (Fsp3) is 0.100. The van der Waals surface area contributed by atoms with E-state index in [1.807, 2.05) is 25.1 Å². The fourth-order valence-electron chi connectivity index (χ4n) is 2.62. The minimum Gasteiger partial charge on any atom is -0.381 e. The van der Waals surface area contributed by atoms with Gasteiger partial charge >= 0.3 is 0 Å². The molecule has 0 saturated heterocycles. The molecular formula is C20H17Cl3N2O2S. The Morgan fingerprint density at radius 3 is 2.25 bits per heavy atom. The molecule has 0 unspecified atom stereocenters. The smallest absolute Gasteiger partial charge is 0.261 e. The lowest BCUT2D eigenvalue weighted by molar-refractivity contribution is 0.601. The highest BCUT2D eigenvalue weighted by atomic mass is 35.5. The molecular weight excluding hydrogens is 439 g/mol. The molecule has 3 rings (SSSR count). The third-order valence-electron chi connectivity index (χ3n) is 4.03. The number of rotatable bonds is 6. The van der Waals surface area contributed by atoms with Gasteiger partial charge in [0.05, 0.1) is 25.7 Å². The van der Waals surface area contributed by atoms with Crippen molar-refractivity contribution in [3.63, 3.8) is 0 Å². The van der Waals surface area contributed by atoms with Crippen molar-refractivity contribution in [2.45, 2.75) is 18.4 Å². The highest BCUT2D eigenvalue weighted by molar-refractivity contribution is 7.92. The van der Waals surface area contributed by atoms with E-state index in [4.69, 9.17) is 34.8 Å². The van der Waals surface area contributed by atoms with Crippen LogP contribution in [0.4, 0.5) is 11.4 Å². The van der Waals surface area contributed by atoms with Crippen LogP contribution >= 0.6 is 34.8 Å². The van der Waals surface area contributed by atoms with Crippen LogP contribution in [0.5, 0.6) is 0 Å². The first-order chi connectivity index (χ1) is 13.3. The first-order valence-electron chi connectivity index (χ1n) is 8.32. The Bertz CT molecular complexity index is 1090.